The van der Waals surface area contributed by atoms with E-state index in [1.807, 2.05) is 54.6 Å². The molecule has 0 saturated carbocycles. The molecule has 144 valence electrons. The first-order chi connectivity index (χ1) is 13.7. The molecule has 1 amide bonds. The van der Waals surface area contributed by atoms with Crippen LogP contribution in [0.3, 0.4) is 0 Å². The van der Waals surface area contributed by atoms with Gasteiger partial charge in [-0.1, -0.05) is 60.3 Å². The number of nitrogens with two attached hydrogens (primary N) is 1. The number of ether oxygens (including phenoxy) is 1. The minimum absolute atomic E-state index is 0.381. The standard InChI is InChI=1S/C21H22N4O2S/c22-20(26)19(15-6-2-1-3-7-15)28-21-16-8-4-5-9-17(16)23-18(24-21)14-25-10-12-27-13-11-25/h1-9,19H,10-14H2,(H2,22,26). The summed E-state index contributed by atoms with van der Waals surface area (Å²) in [6, 6.07) is 17.5. The monoisotopic (exact) mass is 394 g/mol. The van der Waals surface area contributed by atoms with Crippen LogP contribution in [-0.2, 0) is 16.1 Å². The van der Waals surface area contributed by atoms with E-state index in [1.165, 1.54) is 11.8 Å². The van der Waals surface area contributed by atoms with Crippen molar-refractivity contribution in [2.24, 2.45) is 5.73 Å². The molecular weight excluding hydrogens is 372 g/mol. The fraction of sp³-hybridized carbons (Fsp3) is 0.286. The summed E-state index contributed by atoms with van der Waals surface area (Å²) in [5, 5.41) is 1.21. The summed E-state index contributed by atoms with van der Waals surface area (Å²) in [6.45, 7) is 3.85. The van der Waals surface area contributed by atoms with Gasteiger partial charge in [-0.2, -0.15) is 0 Å². The van der Waals surface area contributed by atoms with Crippen molar-refractivity contribution in [1.82, 2.24) is 14.9 Å². The molecule has 4 rings (SSSR count). The summed E-state index contributed by atoms with van der Waals surface area (Å²) in [4.78, 5) is 24.0. The molecular formula is C21H22N4O2S. The van der Waals surface area contributed by atoms with Crippen LogP contribution >= 0.6 is 11.8 Å². The number of nitrogens with zero attached hydrogens (tertiary/aromatic N) is 3. The van der Waals surface area contributed by atoms with Gasteiger partial charge in [-0.3, -0.25) is 9.69 Å². The molecule has 3 aromatic rings. The second-order valence-corrected chi connectivity index (χ2v) is 7.76. The lowest BCUT2D eigenvalue weighted by Crippen LogP contribution is -2.36. The summed E-state index contributed by atoms with van der Waals surface area (Å²) >= 11 is 1.39. The van der Waals surface area contributed by atoms with Crippen molar-refractivity contribution < 1.29 is 9.53 Å². The van der Waals surface area contributed by atoms with E-state index in [2.05, 4.69) is 4.90 Å². The lowest BCUT2D eigenvalue weighted by atomic mass is 10.1. The number of primary amides is 1. The molecule has 2 heterocycles. The van der Waals surface area contributed by atoms with E-state index in [0.29, 0.717) is 6.54 Å². The number of fused-ring (bicyclic) bond motifs is 1. The van der Waals surface area contributed by atoms with E-state index < -0.39 is 5.25 Å². The molecule has 28 heavy (non-hydrogen) atoms. The number of benzene rings is 2. The van der Waals surface area contributed by atoms with Gasteiger partial charge in [0.15, 0.2) is 0 Å². The van der Waals surface area contributed by atoms with Crippen molar-refractivity contribution in [3.05, 3.63) is 66.0 Å². The molecule has 1 aliphatic heterocycles. The molecule has 0 bridgehead atoms. The van der Waals surface area contributed by atoms with Crippen LogP contribution in [0.15, 0.2) is 59.6 Å². The van der Waals surface area contributed by atoms with E-state index in [9.17, 15) is 4.79 Å². The number of morpholine rings is 1. The number of carbonyl (C=O) groups is 1. The molecule has 1 atom stereocenters. The average Bonchev–Trinajstić information content (AvgIpc) is 2.73. The van der Waals surface area contributed by atoms with Crippen LogP contribution in [0.2, 0.25) is 0 Å². The summed E-state index contributed by atoms with van der Waals surface area (Å²) in [7, 11) is 0. The molecule has 1 saturated heterocycles. The van der Waals surface area contributed by atoms with Crippen LogP contribution in [0.1, 0.15) is 16.6 Å². The fourth-order valence-corrected chi connectivity index (χ4v) is 4.33. The number of hydrogen-bond donors (Lipinski definition) is 1. The van der Waals surface area contributed by atoms with Crippen molar-refractivity contribution in [2.45, 2.75) is 16.8 Å². The molecule has 7 heteroatoms. The second-order valence-electron chi connectivity index (χ2n) is 6.66. The zero-order valence-electron chi connectivity index (χ0n) is 15.5. The zero-order valence-corrected chi connectivity index (χ0v) is 16.3. The third kappa shape index (κ3) is 4.32. The van der Waals surface area contributed by atoms with Crippen molar-refractivity contribution in [2.75, 3.05) is 26.3 Å². The first-order valence-electron chi connectivity index (χ1n) is 9.27. The van der Waals surface area contributed by atoms with E-state index in [0.717, 1.165) is 53.6 Å². The number of aromatic nitrogens is 2. The Bertz CT molecular complexity index is 961. The maximum absolute atomic E-state index is 12.2. The van der Waals surface area contributed by atoms with Crippen LogP contribution in [0.5, 0.6) is 0 Å². The third-order valence-electron chi connectivity index (χ3n) is 4.67. The van der Waals surface area contributed by atoms with Crippen molar-refractivity contribution in [3.63, 3.8) is 0 Å². The summed E-state index contributed by atoms with van der Waals surface area (Å²) in [6.07, 6.45) is 0. The number of rotatable bonds is 6. The Morgan fingerprint density at radius 3 is 2.54 bits per heavy atom. The van der Waals surface area contributed by atoms with Crippen LogP contribution in [-0.4, -0.2) is 47.1 Å². The predicted molar refractivity (Wildman–Crippen MR) is 110 cm³/mol. The minimum Gasteiger partial charge on any atom is -0.379 e. The number of thioether (sulfide) groups is 1. The van der Waals surface area contributed by atoms with Gasteiger partial charge in [0.1, 0.15) is 16.1 Å². The van der Waals surface area contributed by atoms with Gasteiger partial charge >= 0.3 is 0 Å². The first kappa shape index (κ1) is 18.9. The van der Waals surface area contributed by atoms with Gasteiger partial charge in [-0.15, -0.1) is 0 Å². The van der Waals surface area contributed by atoms with Crippen molar-refractivity contribution in [1.29, 1.82) is 0 Å². The van der Waals surface area contributed by atoms with Crippen LogP contribution in [0, 0.1) is 0 Å². The summed E-state index contributed by atoms with van der Waals surface area (Å²) in [5.41, 5.74) is 7.47. The predicted octanol–water partition coefficient (Wildman–Crippen LogP) is 2.78. The Morgan fingerprint density at radius 2 is 1.79 bits per heavy atom. The van der Waals surface area contributed by atoms with E-state index in [4.69, 9.17) is 20.4 Å². The van der Waals surface area contributed by atoms with Crippen LogP contribution < -0.4 is 5.73 Å². The van der Waals surface area contributed by atoms with Crippen molar-refractivity contribution in [3.8, 4) is 0 Å². The molecule has 0 aliphatic carbocycles. The molecule has 2 N–H and O–H groups in total. The van der Waals surface area contributed by atoms with E-state index >= 15 is 0 Å². The lowest BCUT2D eigenvalue weighted by Gasteiger charge is -2.26. The van der Waals surface area contributed by atoms with Crippen LogP contribution in [0.25, 0.3) is 10.9 Å². The second kappa shape index (κ2) is 8.68. The molecule has 1 aliphatic rings. The lowest BCUT2D eigenvalue weighted by molar-refractivity contribution is -0.117. The highest BCUT2D eigenvalue weighted by molar-refractivity contribution is 8.00. The molecule has 1 unspecified atom stereocenters. The SMILES string of the molecule is NC(=O)C(Sc1nc(CN2CCOCC2)nc2ccccc12)c1ccccc1. The minimum atomic E-state index is -0.504. The smallest absolute Gasteiger partial charge is 0.235 e. The number of hydrogen-bond acceptors (Lipinski definition) is 6. The molecule has 0 spiro atoms. The maximum atomic E-state index is 12.2. The normalized spacial score (nSPS) is 16.1. The quantitative estimate of drug-likeness (QED) is 0.511. The maximum Gasteiger partial charge on any atom is 0.235 e. The Morgan fingerprint density at radius 1 is 1.07 bits per heavy atom. The number of para-hydroxylation sites is 1. The Kier molecular flexibility index (Phi) is 5.85. The molecule has 0 radical (unpaired) electrons. The third-order valence-corrected chi connectivity index (χ3v) is 5.95. The van der Waals surface area contributed by atoms with Gasteiger partial charge in [0.2, 0.25) is 5.91 Å². The topological polar surface area (TPSA) is 81.3 Å². The molecule has 6 nitrogen and oxygen atoms in total. The molecule has 1 fully saturated rings. The molecule has 1 aromatic heterocycles. The van der Waals surface area contributed by atoms with Gasteiger partial charge in [-0.25, -0.2) is 9.97 Å². The van der Waals surface area contributed by atoms with E-state index in [1.54, 1.807) is 0 Å². The Hall–Kier alpha value is -2.48. The highest BCUT2D eigenvalue weighted by atomic mass is 32.2. The fourth-order valence-electron chi connectivity index (χ4n) is 3.24. The highest BCUT2D eigenvalue weighted by Crippen LogP contribution is 2.37. The van der Waals surface area contributed by atoms with Gasteiger partial charge in [0.25, 0.3) is 0 Å². The highest BCUT2D eigenvalue weighted by Gasteiger charge is 2.22. The van der Waals surface area contributed by atoms with E-state index in [-0.39, 0.29) is 5.91 Å². The van der Waals surface area contributed by atoms with Crippen molar-refractivity contribution >= 4 is 28.6 Å². The molecule has 2 aromatic carbocycles. The zero-order chi connectivity index (χ0) is 19.3. The van der Waals surface area contributed by atoms with Gasteiger partial charge in [-0.05, 0) is 11.6 Å². The summed E-state index contributed by atoms with van der Waals surface area (Å²) < 4.78 is 5.42. The van der Waals surface area contributed by atoms with Gasteiger partial charge in [0.05, 0.1) is 25.3 Å². The summed E-state index contributed by atoms with van der Waals surface area (Å²) in [5.74, 6) is 0.369. The number of amides is 1. The van der Waals surface area contributed by atoms with Gasteiger partial charge in [0, 0.05) is 18.5 Å². The van der Waals surface area contributed by atoms with Crippen LogP contribution in [0.4, 0.5) is 0 Å². The first-order valence-corrected chi connectivity index (χ1v) is 10.2. The Labute approximate surface area is 168 Å². The average molecular weight is 394 g/mol. The van der Waals surface area contributed by atoms with Gasteiger partial charge < -0.3 is 10.5 Å². The largest absolute Gasteiger partial charge is 0.379 e. The number of carbonyl (C=O) groups excluding carboxylic acids is 1. The Balaban J connectivity index is 1.69.